The van der Waals surface area contributed by atoms with Gasteiger partial charge in [0.25, 0.3) is 0 Å². The van der Waals surface area contributed by atoms with E-state index in [1.54, 1.807) is 6.20 Å². The van der Waals surface area contributed by atoms with E-state index in [1.165, 1.54) is 0 Å². The Balaban J connectivity index is 2.29. The molecule has 3 nitrogen and oxygen atoms in total. The fourth-order valence-electron chi connectivity index (χ4n) is 2.30. The first kappa shape index (κ1) is 9.33. The van der Waals surface area contributed by atoms with Crippen LogP contribution in [0.1, 0.15) is 18.4 Å². The maximum atomic E-state index is 11.5. The number of rotatable bonds is 2. The van der Waals surface area contributed by atoms with E-state index in [4.69, 9.17) is 5.73 Å². The molecule has 1 saturated carbocycles. The van der Waals surface area contributed by atoms with Crippen molar-refractivity contribution in [1.29, 1.82) is 0 Å². The topological polar surface area (TPSA) is 56.0 Å². The number of benzene rings is 1. The van der Waals surface area contributed by atoms with Crippen LogP contribution in [0.5, 0.6) is 0 Å². The Labute approximate surface area is 93.3 Å². The van der Waals surface area contributed by atoms with Crippen LogP contribution in [-0.2, 0) is 10.2 Å². The van der Waals surface area contributed by atoms with Crippen LogP contribution < -0.4 is 5.73 Å². The third-order valence-corrected chi connectivity index (χ3v) is 3.42. The quantitative estimate of drug-likeness (QED) is 0.824. The second kappa shape index (κ2) is 3.04. The Hall–Kier alpha value is -1.90. The van der Waals surface area contributed by atoms with Gasteiger partial charge in [-0.25, -0.2) is 0 Å². The monoisotopic (exact) mass is 212 g/mol. The zero-order chi connectivity index (χ0) is 11.2. The summed E-state index contributed by atoms with van der Waals surface area (Å²) in [6.07, 6.45) is 5.29. The zero-order valence-corrected chi connectivity index (χ0v) is 8.81. The maximum absolute atomic E-state index is 11.5. The number of nitrogens with two attached hydrogens (primary N) is 1. The number of amides is 1. The van der Waals surface area contributed by atoms with Gasteiger partial charge in [-0.3, -0.25) is 9.78 Å². The van der Waals surface area contributed by atoms with Gasteiger partial charge in [0.15, 0.2) is 0 Å². The van der Waals surface area contributed by atoms with Crippen LogP contribution >= 0.6 is 0 Å². The zero-order valence-electron chi connectivity index (χ0n) is 8.81. The summed E-state index contributed by atoms with van der Waals surface area (Å²) in [7, 11) is 0. The van der Waals surface area contributed by atoms with Gasteiger partial charge in [-0.15, -0.1) is 0 Å². The van der Waals surface area contributed by atoms with Crippen molar-refractivity contribution < 1.29 is 4.79 Å². The molecule has 1 aliphatic carbocycles. The molecule has 1 amide bonds. The molecule has 1 aliphatic rings. The summed E-state index contributed by atoms with van der Waals surface area (Å²) in [6.45, 7) is 0. The molecule has 1 fully saturated rings. The third kappa shape index (κ3) is 1.14. The number of pyridine rings is 1. The lowest BCUT2D eigenvalue weighted by Crippen LogP contribution is -2.28. The van der Waals surface area contributed by atoms with E-state index >= 15 is 0 Å². The molecule has 0 atom stereocenters. The molecule has 0 aliphatic heterocycles. The van der Waals surface area contributed by atoms with Gasteiger partial charge in [0.2, 0.25) is 5.91 Å². The molecule has 0 unspecified atom stereocenters. The Bertz CT molecular complexity index is 568. The number of hydrogen-bond acceptors (Lipinski definition) is 2. The molecular weight excluding hydrogens is 200 g/mol. The molecule has 2 aromatic rings. The molecule has 0 spiro atoms. The fraction of sp³-hybridized carbons (Fsp3) is 0.231. The van der Waals surface area contributed by atoms with E-state index in [0.717, 1.165) is 29.2 Å². The Morgan fingerprint density at radius 2 is 2.12 bits per heavy atom. The molecule has 2 N–H and O–H groups in total. The van der Waals surface area contributed by atoms with Gasteiger partial charge < -0.3 is 5.73 Å². The van der Waals surface area contributed by atoms with E-state index in [0.29, 0.717) is 0 Å². The first-order valence-corrected chi connectivity index (χ1v) is 5.37. The lowest BCUT2D eigenvalue weighted by molar-refractivity contribution is -0.120. The first-order chi connectivity index (χ1) is 7.74. The summed E-state index contributed by atoms with van der Waals surface area (Å²) >= 11 is 0. The lowest BCUT2D eigenvalue weighted by atomic mass is 9.91. The minimum atomic E-state index is -0.428. The normalized spacial score (nSPS) is 17.2. The van der Waals surface area contributed by atoms with E-state index in [-0.39, 0.29) is 5.91 Å². The van der Waals surface area contributed by atoms with Gasteiger partial charge in [-0.2, -0.15) is 0 Å². The van der Waals surface area contributed by atoms with Gasteiger partial charge >= 0.3 is 0 Å². The van der Waals surface area contributed by atoms with Crippen LogP contribution in [0.25, 0.3) is 10.8 Å². The van der Waals surface area contributed by atoms with Gasteiger partial charge in [-0.1, -0.05) is 18.2 Å². The van der Waals surface area contributed by atoms with Crippen LogP contribution in [0.2, 0.25) is 0 Å². The molecule has 80 valence electrons. The highest BCUT2D eigenvalue weighted by atomic mass is 16.1. The van der Waals surface area contributed by atoms with Crippen molar-refractivity contribution in [1.82, 2.24) is 4.98 Å². The van der Waals surface area contributed by atoms with E-state index in [9.17, 15) is 4.79 Å². The van der Waals surface area contributed by atoms with Crippen molar-refractivity contribution in [3.05, 3.63) is 42.2 Å². The standard InChI is InChI=1S/C13H12N2O/c14-12(16)13(5-6-13)11-3-1-2-9-4-7-15-8-10(9)11/h1-4,7-8H,5-6H2,(H2,14,16). The van der Waals surface area contributed by atoms with Crippen molar-refractivity contribution >= 4 is 16.7 Å². The Morgan fingerprint density at radius 3 is 2.81 bits per heavy atom. The minimum Gasteiger partial charge on any atom is -0.369 e. The number of aromatic nitrogens is 1. The molecule has 1 aromatic carbocycles. The summed E-state index contributed by atoms with van der Waals surface area (Å²) < 4.78 is 0. The summed E-state index contributed by atoms with van der Waals surface area (Å²) in [4.78, 5) is 15.7. The average Bonchev–Trinajstić information content (AvgIpc) is 3.09. The second-order valence-electron chi connectivity index (χ2n) is 4.35. The average molecular weight is 212 g/mol. The van der Waals surface area contributed by atoms with E-state index in [1.807, 2.05) is 30.5 Å². The number of carbonyl (C=O) groups is 1. The molecular formula is C13H12N2O. The smallest absolute Gasteiger partial charge is 0.228 e. The summed E-state index contributed by atoms with van der Waals surface area (Å²) in [5.74, 6) is -0.219. The van der Waals surface area contributed by atoms with E-state index in [2.05, 4.69) is 4.98 Å². The number of hydrogen-bond donors (Lipinski definition) is 1. The number of carbonyl (C=O) groups excluding carboxylic acids is 1. The van der Waals surface area contributed by atoms with Crippen LogP contribution in [-0.4, -0.2) is 10.9 Å². The van der Waals surface area contributed by atoms with Crippen LogP contribution in [0.4, 0.5) is 0 Å². The van der Waals surface area contributed by atoms with Crippen LogP contribution in [0.3, 0.4) is 0 Å². The Morgan fingerprint density at radius 1 is 1.31 bits per heavy atom. The van der Waals surface area contributed by atoms with Gasteiger partial charge in [0.05, 0.1) is 5.41 Å². The van der Waals surface area contributed by atoms with Crippen LogP contribution in [0.15, 0.2) is 36.7 Å². The predicted octanol–water partition coefficient (Wildman–Crippen LogP) is 1.75. The molecule has 0 bridgehead atoms. The minimum absolute atomic E-state index is 0.219. The number of primary amides is 1. The highest BCUT2D eigenvalue weighted by Gasteiger charge is 2.50. The summed E-state index contributed by atoms with van der Waals surface area (Å²) in [5.41, 5.74) is 6.10. The van der Waals surface area contributed by atoms with Crippen molar-refractivity contribution in [2.45, 2.75) is 18.3 Å². The summed E-state index contributed by atoms with van der Waals surface area (Å²) in [6, 6.07) is 7.94. The van der Waals surface area contributed by atoms with Crippen molar-refractivity contribution in [3.63, 3.8) is 0 Å². The third-order valence-electron chi connectivity index (χ3n) is 3.42. The second-order valence-corrected chi connectivity index (χ2v) is 4.35. The fourth-order valence-corrected chi connectivity index (χ4v) is 2.30. The molecule has 1 heterocycles. The van der Waals surface area contributed by atoms with Gasteiger partial charge in [-0.05, 0) is 29.9 Å². The Kier molecular flexibility index (Phi) is 1.78. The first-order valence-electron chi connectivity index (χ1n) is 5.37. The molecule has 16 heavy (non-hydrogen) atoms. The highest BCUT2D eigenvalue weighted by molar-refractivity contribution is 5.96. The SMILES string of the molecule is NC(=O)C1(c2cccc3ccncc23)CC1. The maximum Gasteiger partial charge on any atom is 0.228 e. The number of nitrogens with zero attached hydrogens (tertiary/aromatic N) is 1. The molecule has 3 rings (SSSR count). The van der Waals surface area contributed by atoms with Crippen molar-refractivity contribution in [2.75, 3.05) is 0 Å². The molecule has 0 saturated heterocycles. The van der Waals surface area contributed by atoms with Crippen LogP contribution in [0, 0.1) is 0 Å². The van der Waals surface area contributed by atoms with Crippen molar-refractivity contribution in [3.8, 4) is 0 Å². The van der Waals surface area contributed by atoms with Gasteiger partial charge in [0.1, 0.15) is 0 Å². The summed E-state index contributed by atoms with van der Waals surface area (Å²) in [5, 5.41) is 2.15. The number of fused-ring (bicyclic) bond motifs is 1. The predicted molar refractivity (Wildman–Crippen MR) is 61.8 cm³/mol. The highest BCUT2D eigenvalue weighted by Crippen LogP contribution is 2.49. The van der Waals surface area contributed by atoms with Crippen molar-refractivity contribution in [2.24, 2.45) is 5.73 Å². The molecule has 3 heteroatoms. The van der Waals surface area contributed by atoms with E-state index < -0.39 is 5.41 Å². The van der Waals surface area contributed by atoms with Gasteiger partial charge in [0, 0.05) is 17.8 Å². The molecule has 1 aromatic heterocycles. The largest absolute Gasteiger partial charge is 0.369 e. The molecule has 0 radical (unpaired) electrons. The lowest BCUT2D eigenvalue weighted by Gasteiger charge is -2.13.